The highest BCUT2D eigenvalue weighted by Gasteiger charge is 2.41. The largest absolute Gasteiger partial charge is 0.444 e. The van der Waals surface area contributed by atoms with E-state index in [9.17, 15) is 9.59 Å². The van der Waals surface area contributed by atoms with E-state index < -0.39 is 11.7 Å². The van der Waals surface area contributed by atoms with Gasteiger partial charge in [-0.15, -0.1) is 0 Å². The lowest BCUT2D eigenvalue weighted by molar-refractivity contribution is -0.120. The molecular weight excluding hydrogens is 340 g/mol. The van der Waals surface area contributed by atoms with Gasteiger partial charge in [0.25, 0.3) is 0 Å². The number of nitrogens with zero attached hydrogens (tertiary/aromatic N) is 3. The summed E-state index contributed by atoms with van der Waals surface area (Å²) in [5.41, 5.74) is -0.492. The molecular formula is C17H30N4O3S. The molecule has 0 aliphatic carbocycles. The summed E-state index contributed by atoms with van der Waals surface area (Å²) < 4.78 is 5.22. The molecule has 2 aliphatic heterocycles. The summed E-state index contributed by atoms with van der Waals surface area (Å²) >= 11 is 1.73. The van der Waals surface area contributed by atoms with Gasteiger partial charge in [-0.1, -0.05) is 18.7 Å². The highest BCUT2D eigenvalue weighted by molar-refractivity contribution is 8.13. The van der Waals surface area contributed by atoms with Crippen molar-refractivity contribution < 1.29 is 14.3 Å². The van der Waals surface area contributed by atoms with Crippen molar-refractivity contribution >= 4 is 29.4 Å². The van der Waals surface area contributed by atoms with Crippen LogP contribution < -0.4 is 5.32 Å². The van der Waals surface area contributed by atoms with Crippen LogP contribution in [0.1, 0.15) is 40.5 Å². The van der Waals surface area contributed by atoms with Gasteiger partial charge in [0, 0.05) is 31.7 Å². The number of amides is 2. The van der Waals surface area contributed by atoms with Gasteiger partial charge in [0.2, 0.25) is 6.41 Å². The predicted molar refractivity (Wildman–Crippen MR) is 101 cm³/mol. The molecule has 2 bridgehead atoms. The van der Waals surface area contributed by atoms with Crippen molar-refractivity contribution in [3.8, 4) is 0 Å². The Hall–Kier alpha value is -1.44. The van der Waals surface area contributed by atoms with Crippen LogP contribution in [0.4, 0.5) is 4.79 Å². The van der Waals surface area contributed by atoms with Crippen LogP contribution in [0.2, 0.25) is 0 Å². The van der Waals surface area contributed by atoms with Gasteiger partial charge in [0.1, 0.15) is 5.60 Å². The van der Waals surface area contributed by atoms with Crippen LogP contribution in [0, 0.1) is 0 Å². The number of thioether (sulfide) groups is 1. The first-order valence-electron chi connectivity index (χ1n) is 8.96. The number of aliphatic imine (C=N–C) groups is 1. The van der Waals surface area contributed by atoms with Crippen molar-refractivity contribution in [2.45, 2.75) is 58.2 Å². The third kappa shape index (κ3) is 5.80. The molecule has 0 aromatic carbocycles. The molecule has 0 aromatic heterocycles. The predicted octanol–water partition coefficient (Wildman–Crippen LogP) is 1.93. The number of ether oxygens (including phenoxy) is 1. The minimum atomic E-state index is -0.492. The van der Waals surface area contributed by atoms with Gasteiger partial charge in [-0.05, 0) is 39.4 Å². The summed E-state index contributed by atoms with van der Waals surface area (Å²) in [5.74, 6) is 0.950. The smallest absolute Gasteiger partial charge is 0.407 e. The molecule has 2 unspecified atom stereocenters. The van der Waals surface area contributed by atoms with Crippen molar-refractivity contribution in [2.75, 3.05) is 31.9 Å². The van der Waals surface area contributed by atoms with Crippen LogP contribution in [-0.2, 0) is 9.53 Å². The second kappa shape index (κ2) is 8.78. The molecule has 0 radical (unpaired) electrons. The quantitative estimate of drug-likeness (QED) is 0.346. The van der Waals surface area contributed by atoms with Crippen LogP contribution >= 0.6 is 11.8 Å². The van der Waals surface area contributed by atoms with E-state index in [1.807, 2.05) is 25.7 Å². The van der Waals surface area contributed by atoms with Crippen LogP contribution in [-0.4, -0.2) is 77.1 Å². The maximum absolute atomic E-state index is 11.7. The van der Waals surface area contributed by atoms with Gasteiger partial charge in [-0.25, -0.2) is 4.79 Å². The molecule has 2 aliphatic rings. The molecule has 0 aromatic rings. The number of carbonyl (C=O) groups is 2. The Morgan fingerprint density at radius 3 is 2.48 bits per heavy atom. The van der Waals surface area contributed by atoms with Gasteiger partial charge in [-0.2, -0.15) is 0 Å². The van der Waals surface area contributed by atoms with Crippen LogP contribution in [0.3, 0.4) is 0 Å². The fourth-order valence-corrected chi connectivity index (χ4v) is 4.18. The molecule has 0 saturated carbocycles. The molecule has 2 atom stereocenters. The van der Waals surface area contributed by atoms with Gasteiger partial charge in [-0.3, -0.25) is 9.79 Å². The number of likely N-dealkylation sites (tertiary alicyclic amines) is 1. The number of carbonyl (C=O) groups excluding carboxylic acids is 2. The minimum Gasteiger partial charge on any atom is -0.444 e. The van der Waals surface area contributed by atoms with E-state index in [1.165, 1.54) is 0 Å². The first-order chi connectivity index (χ1) is 11.8. The molecule has 2 fully saturated rings. The van der Waals surface area contributed by atoms with Gasteiger partial charge in [0.15, 0.2) is 5.17 Å². The van der Waals surface area contributed by atoms with E-state index >= 15 is 0 Å². The van der Waals surface area contributed by atoms with Crippen molar-refractivity contribution in [1.29, 1.82) is 0 Å². The summed E-state index contributed by atoms with van der Waals surface area (Å²) in [6, 6.07) is 0.723. The average Bonchev–Trinajstić information content (AvgIpc) is 2.78. The number of piperazine rings is 1. The first-order valence-corrected chi connectivity index (χ1v) is 9.94. The molecule has 7 nitrogen and oxygen atoms in total. The Labute approximate surface area is 154 Å². The maximum Gasteiger partial charge on any atom is 0.407 e. The minimum absolute atomic E-state index is 0.362. The maximum atomic E-state index is 11.7. The second-order valence-corrected chi connectivity index (χ2v) is 8.61. The van der Waals surface area contributed by atoms with E-state index in [2.05, 4.69) is 17.1 Å². The molecule has 25 heavy (non-hydrogen) atoms. The lowest BCUT2D eigenvalue weighted by Gasteiger charge is -2.41. The SMILES string of the molecule is CCSC(=NCCNC(=O)OC(C)(C)C)N1C2CCC1CN(C=O)C2. The zero-order valence-electron chi connectivity index (χ0n) is 15.7. The molecule has 1 N–H and O–H groups in total. The third-order valence-electron chi connectivity index (χ3n) is 4.18. The van der Waals surface area contributed by atoms with E-state index in [4.69, 9.17) is 9.73 Å². The van der Waals surface area contributed by atoms with Crippen LogP contribution in [0.5, 0.6) is 0 Å². The second-order valence-electron chi connectivity index (χ2n) is 7.38. The summed E-state index contributed by atoms with van der Waals surface area (Å²) in [6.07, 6.45) is 2.76. The summed E-state index contributed by atoms with van der Waals surface area (Å²) in [7, 11) is 0. The number of nitrogens with one attached hydrogen (secondary N) is 1. The van der Waals surface area contributed by atoms with Crippen molar-refractivity contribution in [1.82, 2.24) is 15.1 Å². The standard InChI is InChI=1S/C17H30N4O3S/c1-5-25-15(18-8-9-19-16(23)24-17(2,3)4)21-13-6-7-14(21)11-20(10-13)12-22/h12-14H,5-11H2,1-4H3,(H,19,23). The van der Waals surface area contributed by atoms with Crippen molar-refractivity contribution in [2.24, 2.45) is 4.99 Å². The number of fused-ring (bicyclic) bond motifs is 2. The van der Waals surface area contributed by atoms with Crippen LogP contribution in [0.15, 0.2) is 4.99 Å². The van der Waals surface area contributed by atoms with Gasteiger partial charge < -0.3 is 19.9 Å². The number of rotatable bonds is 5. The Kier molecular flexibility index (Phi) is 6.98. The topological polar surface area (TPSA) is 74.2 Å². The molecule has 2 amide bonds. The molecule has 0 spiro atoms. The van der Waals surface area contributed by atoms with E-state index in [0.29, 0.717) is 25.2 Å². The van der Waals surface area contributed by atoms with Crippen molar-refractivity contribution in [3.05, 3.63) is 0 Å². The molecule has 2 rings (SSSR count). The van der Waals surface area contributed by atoms with Crippen molar-refractivity contribution in [3.63, 3.8) is 0 Å². The highest BCUT2D eigenvalue weighted by Crippen LogP contribution is 2.32. The van der Waals surface area contributed by atoms with Gasteiger partial charge >= 0.3 is 6.09 Å². The normalized spacial score (nSPS) is 23.6. The number of hydrogen-bond acceptors (Lipinski definition) is 5. The van der Waals surface area contributed by atoms with Crippen LogP contribution in [0.25, 0.3) is 0 Å². The molecule has 8 heteroatoms. The van der Waals surface area contributed by atoms with E-state index in [-0.39, 0.29) is 0 Å². The fourth-order valence-electron chi connectivity index (χ4n) is 3.29. The Morgan fingerprint density at radius 1 is 1.32 bits per heavy atom. The van der Waals surface area contributed by atoms with E-state index in [0.717, 1.165) is 43.3 Å². The number of alkyl carbamates (subject to hydrolysis) is 1. The first kappa shape index (κ1) is 19.9. The number of hydrogen-bond donors (Lipinski definition) is 1. The fraction of sp³-hybridized carbons (Fsp3) is 0.824. The zero-order chi connectivity index (χ0) is 18.4. The lowest BCUT2D eigenvalue weighted by atomic mass is 10.2. The Morgan fingerprint density at radius 2 is 1.96 bits per heavy atom. The molecule has 2 saturated heterocycles. The molecule has 2 heterocycles. The monoisotopic (exact) mass is 370 g/mol. The lowest BCUT2D eigenvalue weighted by Crippen LogP contribution is -2.54. The highest BCUT2D eigenvalue weighted by atomic mass is 32.2. The van der Waals surface area contributed by atoms with Gasteiger partial charge in [0.05, 0.1) is 6.54 Å². The number of amidine groups is 1. The summed E-state index contributed by atoms with van der Waals surface area (Å²) in [5, 5.41) is 3.78. The van der Waals surface area contributed by atoms with E-state index in [1.54, 1.807) is 11.8 Å². The summed E-state index contributed by atoms with van der Waals surface area (Å²) in [6.45, 7) is 10.2. The Bertz CT molecular complexity index is 493. The summed E-state index contributed by atoms with van der Waals surface area (Å²) in [4.78, 5) is 31.7. The Balaban J connectivity index is 1.89. The molecule has 142 valence electrons. The third-order valence-corrected chi connectivity index (χ3v) is 5.07. The average molecular weight is 371 g/mol. The zero-order valence-corrected chi connectivity index (χ0v) is 16.5.